The summed E-state index contributed by atoms with van der Waals surface area (Å²) in [5, 5.41) is 4.99. The zero-order valence-corrected chi connectivity index (χ0v) is 14.1. The fourth-order valence-corrected chi connectivity index (χ4v) is 2.03. The Morgan fingerprint density at radius 3 is 2.19 bits per heavy atom. The number of carbonyl (C=O) groups is 2. The molecule has 2 aromatic carbocycles. The van der Waals surface area contributed by atoms with E-state index in [1.54, 1.807) is 35.7 Å². The Bertz CT molecular complexity index is 801. The van der Waals surface area contributed by atoms with E-state index in [1.807, 2.05) is 0 Å². The van der Waals surface area contributed by atoms with Crippen molar-refractivity contribution >= 4 is 35.2 Å². The molecule has 0 saturated heterocycles. The molecular formula is C18H14ClF3N2O2. The molecule has 2 aromatic rings. The molecule has 0 aliphatic heterocycles. The van der Waals surface area contributed by atoms with Crippen LogP contribution in [0.1, 0.15) is 11.1 Å². The van der Waals surface area contributed by atoms with Crippen LogP contribution in [0.15, 0.2) is 54.6 Å². The highest BCUT2D eigenvalue weighted by Gasteiger charge is 2.38. The number of halogens is 4. The van der Waals surface area contributed by atoms with Gasteiger partial charge in [0.05, 0.1) is 0 Å². The second kappa shape index (κ2) is 8.53. The smallest absolute Gasteiger partial charge is 0.348 e. The van der Waals surface area contributed by atoms with Crippen molar-refractivity contribution in [3.63, 3.8) is 0 Å². The molecule has 0 atom stereocenters. The molecule has 0 saturated carbocycles. The summed E-state index contributed by atoms with van der Waals surface area (Å²) in [6.45, 7) is 0.192. The van der Waals surface area contributed by atoms with Gasteiger partial charge in [0.2, 0.25) is 5.91 Å². The first-order valence-corrected chi connectivity index (χ1v) is 7.80. The van der Waals surface area contributed by atoms with E-state index in [0.29, 0.717) is 10.6 Å². The molecule has 2 N–H and O–H groups in total. The zero-order valence-electron chi connectivity index (χ0n) is 13.3. The summed E-state index contributed by atoms with van der Waals surface area (Å²) in [7, 11) is 0. The zero-order chi connectivity index (χ0) is 19.2. The average Bonchev–Trinajstić information content (AvgIpc) is 2.60. The van der Waals surface area contributed by atoms with E-state index >= 15 is 0 Å². The number of amides is 2. The highest BCUT2D eigenvalue weighted by Crippen LogP contribution is 2.18. The maximum absolute atomic E-state index is 12.2. The van der Waals surface area contributed by atoms with Crippen molar-refractivity contribution in [3.8, 4) is 0 Å². The predicted octanol–water partition coefficient (Wildman–Crippen LogP) is 4.17. The summed E-state index contributed by atoms with van der Waals surface area (Å²) in [4.78, 5) is 22.6. The molecule has 0 spiro atoms. The van der Waals surface area contributed by atoms with Crippen LogP contribution in [0, 0.1) is 0 Å². The normalized spacial score (nSPS) is 11.4. The molecule has 2 rings (SSSR count). The van der Waals surface area contributed by atoms with E-state index in [0.717, 1.165) is 5.56 Å². The van der Waals surface area contributed by atoms with Crippen molar-refractivity contribution in [1.82, 2.24) is 5.32 Å². The largest absolute Gasteiger partial charge is 0.471 e. The van der Waals surface area contributed by atoms with Gasteiger partial charge in [-0.25, -0.2) is 0 Å². The number of carbonyl (C=O) groups excluding carboxylic acids is 2. The van der Waals surface area contributed by atoms with Crippen molar-refractivity contribution in [2.45, 2.75) is 12.7 Å². The maximum atomic E-state index is 12.2. The fourth-order valence-electron chi connectivity index (χ4n) is 1.90. The summed E-state index contributed by atoms with van der Waals surface area (Å²) in [6, 6.07) is 12.6. The van der Waals surface area contributed by atoms with Gasteiger partial charge in [0, 0.05) is 23.3 Å². The van der Waals surface area contributed by atoms with Crippen LogP contribution in [0.3, 0.4) is 0 Å². The molecule has 0 aromatic heterocycles. The third-order valence-corrected chi connectivity index (χ3v) is 3.49. The molecule has 0 aliphatic rings. The van der Waals surface area contributed by atoms with E-state index in [2.05, 4.69) is 5.32 Å². The average molecular weight is 383 g/mol. The van der Waals surface area contributed by atoms with Gasteiger partial charge in [0.25, 0.3) is 0 Å². The Morgan fingerprint density at radius 1 is 1.00 bits per heavy atom. The van der Waals surface area contributed by atoms with Crippen LogP contribution in [-0.4, -0.2) is 18.0 Å². The summed E-state index contributed by atoms with van der Waals surface area (Å²) < 4.78 is 36.5. The highest BCUT2D eigenvalue weighted by molar-refractivity contribution is 6.30. The standard InChI is InChI=1S/C18H14ClF3N2O2/c19-14-6-1-12(2-7-14)5-10-16(25)23-11-13-3-8-15(9-4-13)24-17(26)18(20,21)22/h1-10H,11H2,(H,23,25)(H,24,26)/b10-5+. The van der Waals surface area contributed by atoms with E-state index in [4.69, 9.17) is 11.6 Å². The Morgan fingerprint density at radius 2 is 1.62 bits per heavy atom. The Balaban J connectivity index is 1.84. The first-order valence-electron chi connectivity index (χ1n) is 7.42. The van der Waals surface area contributed by atoms with Gasteiger partial charge in [-0.2, -0.15) is 13.2 Å². The molecule has 4 nitrogen and oxygen atoms in total. The van der Waals surface area contributed by atoms with Gasteiger partial charge in [-0.05, 0) is 41.5 Å². The molecule has 8 heteroatoms. The van der Waals surface area contributed by atoms with Gasteiger partial charge in [-0.1, -0.05) is 35.9 Å². The molecule has 0 radical (unpaired) electrons. The molecule has 0 bridgehead atoms. The molecular weight excluding hydrogens is 369 g/mol. The summed E-state index contributed by atoms with van der Waals surface area (Å²) >= 11 is 5.77. The number of benzene rings is 2. The van der Waals surface area contributed by atoms with Gasteiger partial charge in [0.1, 0.15) is 0 Å². The van der Waals surface area contributed by atoms with Crippen molar-refractivity contribution in [2.24, 2.45) is 0 Å². The minimum absolute atomic E-state index is 0.0186. The predicted molar refractivity (Wildman–Crippen MR) is 93.5 cm³/mol. The first-order chi connectivity index (χ1) is 12.2. The van der Waals surface area contributed by atoms with Crippen LogP contribution >= 0.6 is 11.6 Å². The van der Waals surface area contributed by atoms with Crippen molar-refractivity contribution in [2.75, 3.05) is 5.32 Å². The van der Waals surface area contributed by atoms with E-state index < -0.39 is 12.1 Å². The second-order valence-electron chi connectivity index (χ2n) is 5.25. The minimum atomic E-state index is -4.94. The number of anilines is 1. The van der Waals surface area contributed by atoms with Crippen LogP contribution in [0.2, 0.25) is 5.02 Å². The number of rotatable bonds is 5. The van der Waals surface area contributed by atoms with Crippen LogP contribution < -0.4 is 10.6 Å². The SMILES string of the molecule is O=C(/C=C/c1ccc(Cl)cc1)NCc1ccc(NC(=O)C(F)(F)F)cc1. The van der Waals surface area contributed by atoms with Gasteiger partial charge in [0.15, 0.2) is 0 Å². The summed E-state index contributed by atoms with van der Waals surface area (Å²) in [6.07, 6.45) is -1.95. The Hall–Kier alpha value is -2.80. The van der Waals surface area contributed by atoms with Crippen molar-refractivity contribution in [1.29, 1.82) is 0 Å². The van der Waals surface area contributed by atoms with Crippen LogP contribution in [0.4, 0.5) is 18.9 Å². The van der Waals surface area contributed by atoms with E-state index in [1.165, 1.54) is 30.3 Å². The number of hydrogen-bond acceptors (Lipinski definition) is 2. The first kappa shape index (κ1) is 19.5. The maximum Gasteiger partial charge on any atom is 0.471 e. The summed E-state index contributed by atoms with van der Waals surface area (Å²) in [5.41, 5.74) is 1.50. The van der Waals surface area contributed by atoms with Crippen molar-refractivity contribution in [3.05, 3.63) is 70.8 Å². The van der Waals surface area contributed by atoms with Crippen LogP contribution in [0.5, 0.6) is 0 Å². The van der Waals surface area contributed by atoms with Crippen LogP contribution in [0.25, 0.3) is 6.08 Å². The molecule has 0 heterocycles. The quantitative estimate of drug-likeness (QED) is 0.762. The van der Waals surface area contributed by atoms with E-state index in [-0.39, 0.29) is 18.1 Å². The number of alkyl halides is 3. The highest BCUT2D eigenvalue weighted by atomic mass is 35.5. The van der Waals surface area contributed by atoms with Crippen molar-refractivity contribution < 1.29 is 22.8 Å². The molecule has 26 heavy (non-hydrogen) atoms. The Labute approximate surface area is 152 Å². The third-order valence-electron chi connectivity index (χ3n) is 3.23. The van der Waals surface area contributed by atoms with Gasteiger partial charge >= 0.3 is 12.1 Å². The fraction of sp³-hybridized carbons (Fsp3) is 0.111. The van der Waals surface area contributed by atoms with E-state index in [9.17, 15) is 22.8 Å². The molecule has 136 valence electrons. The number of nitrogens with one attached hydrogen (secondary N) is 2. The van der Waals surface area contributed by atoms with Gasteiger partial charge < -0.3 is 10.6 Å². The second-order valence-corrected chi connectivity index (χ2v) is 5.69. The lowest BCUT2D eigenvalue weighted by Crippen LogP contribution is -2.29. The lowest BCUT2D eigenvalue weighted by Gasteiger charge is -2.08. The minimum Gasteiger partial charge on any atom is -0.348 e. The Kier molecular flexibility index (Phi) is 6.41. The lowest BCUT2D eigenvalue weighted by atomic mass is 10.2. The molecule has 0 aliphatic carbocycles. The van der Waals surface area contributed by atoms with Crippen LogP contribution in [-0.2, 0) is 16.1 Å². The topological polar surface area (TPSA) is 58.2 Å². The third kappa shape index (κ3) is 6.25. The molecule has 0 fully saturated rings. The molecule has 0 unspecified atom stereocenters. The van der Waals surface area contributed by atoms with Gasteiger partial charge in [-0.15, -0.1) is 0 Å². The lowest BCUT2D eigenvalue weighted by molar-refractivity contribution is -0.167. The van der Waals surface area contributed by atoms with Gasteiger partial charge in [-0.3, -0.25) is 9.59 Å². The monoisotopic (exact) mass is 382 g/mol. The summed E-state index contributed by atoms with van der Waals surface area (Å²) in [5.74, 6) is -2.36. The molecule has 2 amide bonds. The number of hydrogen-bond donors (Lipinski definition) is 2.